The third kappa shape index (κ3) is 9.23. The number of likely N-dealkylation sites (tertiary alicyclic amines) is 1. The minimum atomic E-state index is -0.868. The van der Waals surface area contributed by atoms with Crippen molar-refractivity contribution in [3.05, 3.63) is 81.2 Å². The van der Waals surface area contributed by atoms with Gasteiger partial charge in [-0.25, -0.2) is 4.39 Å². The molecule has 0 bridgehead atoms. The molecular weight excluding hydrogens is 523 g/mol. The molecule has 1 saturated heterocycles. The van der Waals surface area contributed by atoms with Gasteiger partial charge in [0, 0.05) is 24.2 Å². The molecule has 1 atom stereocenters. The summed E-state index contributed by atoms with van der Waals surface area (Å²) in [6, 6.07) is 9.81. The van der Waals surface area contributed by atoms with Crippen LogP contribution in [-0.2, 0) is 9.59 Å². The van der Waals surface area contributed by atoms with E-state index in [1.165, 1.54) is 118 Å². The minimum absolute atomic E-state index is 0.0965. The summed E-state index contributed by atoms with van der Waals surface area (Å²) in [5.41, 5.74) is 0.451. The van der Waals surface area contributed by atoms with E-state index in [1.807, 2.05) is 0 Å². The summed E-state index contributed by atoms with van der Waals surface area (Å²) in [7, 11) is 0. The Bertz CT molecular complexity index is 1180. The summed E-state index contributed by atoms with van der Waals surface area (Å²) in [5, 5.41) is 22.1. The van der Waals surface area contributed by atoms with Crippen molar-refractivity contribution in [1.82, 2.24) is 4.90 Å². The lowest BCUT2D eigenvalue weighted by molar-refractivity contribution is -0.384. The van der Waals surface area contributed by atoms with E-state index in [0.717, 1.165) is 19.3 Å². The number of aliphatic hydroxyl groups is 1. The van der Waals surface area contributed by atoms with Gasteiger partial charge in [-0.2, -0.15) is 0 Å². The Labute approximate surface area is 242 Å². The van der Waals surface area contributed by atoms with Crippen LogP contribution in [0.15, 0.2) is 54.1 Å². The molecule has 1 aliphatic heterocycles. The maximum atomic E-state index is 13.7. The lowest BCUT2D eigenvalue weighted by Crippen LogP contribution is -2.30. The van der Waals surface area contributed by atoms with Gasteiger partial charge in [0.05, 0.1) is 16.5 Å². The summed E-state index contributed by atoms with van der Waals surface area (Å²) in [4.78, 5) is 38.1. The number of carbonyl (C=O) groups excluding carboxylic acids is 2. The van der Waals surface area contributed by atoms with Gasteiger partial charge >= 0.3 is 0 Å². The van der Waals surface area contributed by atoms with Crippen LogP contribution in [0.2, 0.25) is 0 Å². The van der Waals surface area contributed by atoms with Gasteiger partial charge in [-0.1, -0.05) is 103 Å². The van der Waals surface area contributed by atoms with Crippen LogP contribution in [0, 0.1) is 15.9 Å². The lowest BCUT2D eigenvalue weighted by atomic mass is 9.95. The molecule has 7 nitrogen and oxygen atoms in total. The second-order valence-corrected chi connectivity index (χ2v) is 10.9. The number of benzene rings is 2. The van der Waals surface area contributed by atoms with Gasteiger partial charge < -0.3 is 10.0 Å². The molecule has 2 aromatic rings. The Morgan fingerprint density at radius 3 is 1.78 bits per heavy atom. The summed E-state index contributed by atoms with van der Waals surface area (Å²) in [6.45, 7) is 2.57. The molecule has 1 fully saturated rings. The molecule has 1 heterocycles. The number of nitro benzene ring substituents is 1. The van der Waals surface area contributed by atoms with E-state index in [2.05, 4.69) is 6.92 Å². The third-order valence-corrected chi connectivity index (χ3v) is 7.83. The predicted molar refractivity (Wildman–Crippen MR) is 159 cm³/mol. The molecule has 1 N–H and O–H groups in total. The van der Waals surface area contributed by atoms with Crippen molar-refractivity contribution in [3.63, 3.8) is 0 Å². The first-order chi connectivity index (χ1) is 19.8. The highest BCUT2D eigenvalue weighted by Gasteiger charge is 2.45. The number of unbranched alkanes of at least 4 members (excludes halogenated alkanes) is 13. The number of hydrogen-bond donors (Lipinski definition) is 1. The monoisotopic (exact) mass is 566 g/mol. The molecule has 0 radical (unpaired) electrons. The number of amides is 1. The molecule has 41 heavy (non-hydrogen) atoms. The summed E-state index contributed by atoms with van der Waals surface area (Å²) in [6.07, 6.45) is 16.9. The fourth-order valence-electron chi connectivity index (χ4n) is 5.48. The Kier molecular flexibility index (Phi) is 13.0. The van der Waals surface area contributed by atoms with Crippen LogP contribution in [0.3, 0.4) is 0 Å². The van der Waals surface area contributed by atoms with E-state index in [4.69, 9.17) is 0 Å². The molecule has 0 aliphatic carbocycles. The fourth-order valence-corrected chi connectivity index (χ4v) is 5.48. The normalized spacial score (nSPS) is 16.4. The third-order valence-electron chi connectivity index (χ3n) is 7.83. The van der Waals surface area contributed by atoms with Crippen molar-refractivity contribution in [2.24, 2.45) is 0 Å². The molecule has 1 amide bonds. The van der Waals surface area contributed by atoms with Gasteiger partial charge in [0.2, 0.25) is 0 Å². The second-order valence-electron chi connectivity index (χ2n) is 10.9. The SMILES string of the molecule is CCCCCCCCCCCCCCCCN1C(=O)C(=O)C(=C(O)c2ccc([N+](=O)[O-])cc2)C1c1ccc(F)cc1. The second kappa shape index (κ2) is 16.7. The van der Waals surface area contributed by atoms with Crippen LogP contribution in [0.4, 0.5) is 10.1 Å². The first-order valence-corrected chi connectivity index (χ1v) is 15.1. The zero-order valence-electron chi connectivity index (χ0n) is 24.2. The van der Waals surface area contributed by atoms with Crippen molar-refractivity contribution in [3.8, 4) is 0 Å². The van der Waals surface area contributed by atoms with Gasteiger partial charge in [-0.05, 0) is 36.2 Å². The molecule has 8 heteroatoms. The van der Waals surface area contributed by atoms with Crippen molar-refractivity contribution >= 4 is 23.1 Å². The van der Waals surface area contributed by atoms with E-state index in [0.29, 0.717) is 18.5 Å². The van der Waals surface area contributed by atoms with Crippen LogP contribution >= 0.6 is 0 Å². The van der Waals surface area contributed by atoms with E-state index in [-0.39, 0.29) is 16.8 Å². The number of carbonyl (C=O) groups is 2. The highest BCUT2D eigenvalue weighted by atomic mass is 19.1. The maximum absolute atomic E-state index is 13.7. The number of aliphatic hydroxyl groups excluding tert-OH is 1. The van der Waals surface area contributed by atoms with Crippen LogP contribution < -0.4 is 0 Å². The van der Waals surface area contributed by atoms with E-state index < -0.39 is 34.2 Å². The minimum Gasteiger partial charge on any atom is -0.507 e. The van der Waals surface area contributed by atoms with Gasteiger partial charge in [0.25, 0.3) is 17.4 Å². The number of nitrogens with zero attached hydrogens (tertiary/aromatic N) is 2. The molecule has 222 valence electrons. The molecule has 0 saturated carbocycles. The highest BCUT2D eigenvalue weighted by Crippen LogP contribution is 2.39. The van der Waals surface area contributed by atoms with E-state index >= 15 is 0 Å². The summed E-state index contributed by atoms with van der Waals surface area (Å²) < 4.78 is 13.7. The number of nitro groups is 1. The van der Waals surface area contributed by atoms with Gasteiger partial charge in [0.1, 0.15) is 11.6 Å². The Balaban J connectivity index is 1.56. The quantitative estimate of drug-likeness (QED) is 0.0486. The van der Waals surface area contributed by atoms with Crippen molar-refractivity contribution in [2.75, 3.05) is 6.54 Å². The topological polar surface area (TPSA) is 101 Å². The van der Waals surface area contributed by atoms with Crippen LogP contribution in [-0.4, -0.2) is 33.2 Å². The Morgan fingerprint density at radius 2 is 1.29 bits per heavy atom. The standard InChI is InChI=1S/C33H43FN2O5/c1-2-3-4-5-6-7-8-9-10-11-12-13-14-15-24-35-30(25-16-20-27(34)21-17-25)29(32(38)33(35)39)31(37)26-18-22-28(23-19-26)36(40)41/h16-23,30,37H,2-15,24H2,1H3. The molecule has 0 aromatic heterocycles. The van der Waals surface area contributed by atoms with Gasteiger partial charge in [-0.3, -0.25) is 19.7 Å². The first-order valence-electron chi connectivity index (χ1n) is 15.1. The van der Waals surface area contributed by atoms with Gasteiger partial charge in [0.15, 0.2) is 0 Å². The molecule has 3 rings (SSSR count). The maximum Gasteiger partial charge on any atom is 0.295 e. The number of halogens is 1. The largest absolute Gasteiger partial charge is 0.507 e. The van der Waals surface area contributed by atoms with E-state index in [1.54, 1.807) is 0 Å². The zero-order chi connectivity index (χ0) is 29.6. The number of ketones is 1. The van der Waals surface area contributed by atoms with Crippen LogP contribution in [0.5, 0.6) is 0 Å². The average molecular weight is 567 g/mol. The molecule has 1 aliphatic rings. The first kappa shape index (κ1) is 32.0. The number of rotatable bonds is 18. The fraction of sp³-hybridized carbons (Fsp3) is 0.515. The van der Waals surface area contributed by atoms with E-state index in [9.17, 15) is 29.2 Å². The molecule has 0 spiro atoms. The smallest absolute Gasteiger partial charge is 0.295 e. The predicted octanol–water partition coefficient (Wildman–Crippen LogP) is 8.64. The summed E-state index contributed by atoms with van der Waals surface area (Å²) >= 11 is 0. The van der Waals surface area contributed by atoms with Crippen molar-refractivity contribution in [2.45, 2.75) is 103 Å². The number of non-ortho nitro benzene ring substituents is 1. The number of Topliss-reactive ketones (excluding diaryl/α,β-unsaturated/α-hetero) is 1. The van der Waals surface area contributed by atoms with Crippen molar-refractivity contribution in [1.29, 1.82) is 0 Å². The molecule has 2 aromatic carbocycles. The zero-order valence-corrected chi connectivity index (χ0v) is 24.2. The Hall–Kier alpha value is -3.55. The summed E-state index contributed by atoms with van der Waals surface area (Å²) in [5.74, 6) is -2.39. The van der Waals surface area contributed by atoms with Crippen LogP contribution in [0.25, 0.3) is 5.76 Å². The Morgan fingerprint density at radius 1 is 0.805 bits per heavy atom. The molecular formula is C33H43FN2O5. The highest BCUT2D eigenvalue weighted by molar-refractivity contribution is 6.46. The van der Waals surface area contributed by atoms with Crippen LogP contribution in [0.1, 0.15) is 114 Å². The van der Waals surface area contributed by atoms with Crippen molar-refractivity contribution < 1.29 is 24.0 Å². The molecule has 1 unspecified atom stereocenters. The average Bonchev–Trinajstić information content (AvgIpc) is 3.22. The number of hydrogen-bond acceptors (Lipinski definition) is 5. The van der Waals surface area contributed by atoms with Gasteiger partial charge in [-0.15, -0.1) is 0 Å². The lowest BCUT2D eigenvalue weighted by Gasteiger charge is -2.25.